The van der Waals surface area contributed by atoms with Gasteiger partial charge in [0.15, 0.2) is 34.8 Å². The van der Waals surface area contributed by atoms with Crippen molar-refractivity contribution in [2.24, 2.45) is 10.8 Å². The first-order valence-corrected chi connectivity index (χ1v) is 36.4. The van der Waals surface area contributed by atoms with Crippen molar-refractivity contribution in [2.45, 2.75) is 141 Å². The number of rotatable bonds is 21. The molecule has 0 spiro atoms. The minimum Gasteiger partial charge on any atom is -0.476 e. The Morgan fingerprint density at radius 2 is 1.43 bits per heavy atom. The molecule has 8 aromatic rings. The van der Waals surface area contributed by atoms with Gasteiger partial charge < -0.3 is 68.5 Å². The molecule has 0 saturated carbocycles. The fourth-order valence-corrected chi connectivity index (χ4v) is 14.5. The molecule has 11 rings (SSSR count). The van der Waals surface area contributed by atoms with E-state index in [1.165, 1.54) is 49.5 Å². The number of hydrogen-bond donors (Lipinski definition) is 8. The van der Waals surface area contributed by atoms with Crippen LogP contribution in [0.4, 0.5) is 11.9 Å². The zero-order valence-electron chi connectivity index (χ0n) is 58.6. The predicted octanol–water partition coefficient (Wildman–Crippen LogP) is 9.82. The normalized spacial score (nSPS) is 25.7. The van der Waals surface area contributed by atoms with E-state index in [1.807, 2.05) is 94.4 Å². The molecule has 0 amide bonds. The van der Waals surface area contributed by atoms with Gasteiger partial charge in [0.05, 0.1) is 52.3 Å². The number of carbonyl (C=O) groups excluding carboxylic acids is 2. The summed E-state index contributed by atoms with van der Waals surface area (Å²) in [6, 6.07) is 23.0. The number of aliphatic hydroxyl groups is 4. The van der Waals surface area contributed by atoms with Crippen molar-refractivity contribution in [1.82, 2.24) is 49.2 Å². The van der Waals surface area contributed by atoms with Crippen LogP contribution >= 0.6 is 15.5 Å². The van der Waals surface area contributed by atoms with Crippen molar-refractivity contribution in [3.8, 4) is 23.3 Å². The van der Waals surface area contributed by atoms with Crippen molar-refractivity contribution < 1.29 is 85.7 Å². The van der Waals surface area contributed by atoms with Crippen LogP contribution in [0.3, 0.4) is 0 Å². The predicted molar refractivity (Wildman–Crippen MR) is 381 cm³/mol. The summed E-state index contributed by atoms with van der Waals surface area (Å²) in [6.07, 6.45) is 4.71. The summed E-state index contributed by atoms with van der Waals surface area (Å²) in [6.45, 7) is 20.8. The highest BCUT2D eigenvalue weighted by Crippen LogP contribution is 2.51. The SMILES string of the molecule is C=CCCOc1nc(NC)nc2c1ncn2C1OC(COP(=O)(N[C@@H](C)C(=O)OCC(C)(C)CC=C)Oc2cccc3ccccc23)[C@@H](O)[C@@]1(C)O.CNc1nc2c3ncn(c3n1)C1OC(COP(=O)(Oc3cccc4ccccc34)N[C@@H](C)C(=O)OCC(C)(C)CC=CCCO2)[C@@H](O)[C@@]1(C)O. The van der Waals surface area contributed by atoms with Gasteiger partial charge in [-0.15, -0.1) is 13.2 Å². The molecule has 4 aromatic carbocycles. The molecule has 32 heteroatoms. The molecule has 4 aromatic heterocycles. The maximum absolute atomic E-state index is 14.5. The maximum atomic E-state index is 14.5. The number of nitrogens with one attached hydrogen (secondary N) is 4. The van der Waals surface area contributed by atoms with E-state index in [0.717, 1.165) is 10.8 Å². The number of benzene rings is 4. The fourth-order valence-electron chi connectivity index (χ4n) is 11.5. The van der Waals surface area contributed by atoms with E-state index in [9.17, 15) is 39.1 Å². The van der Waals surface area contributed by atoms with Crippen LogP contribution < -0.4 is 39.3 Å². The van der Waals surface area contributed by atoms with Crippen LogP contribution in [0.15, 0.2) is 135 Å². The van der Waals surface area contributed by atoms with Gasteiger partial charge in [-0.2, -0.15) is 30.1 Å². The minimum atomic E-state index is -4.41. The number of hydrogen-bond acceptors (Lipinski definition) is 26. The summed E-state index contributed by atoms with van der Waals surface area (Å²) in [4.78, 5) is 53.0. The lowest BCUT2D eigenvalue weighted by atomic mass is 9.90. The smallest absolute Gasteiger partial charge is 0.459 e. The molecule has 6 unspecified atom stereocenters. The Labute approximate surface area is 590 Å². The van der Waals surface area contributed by atoms with Crippen LogP contribution in [0.5, 0.6) is 23.3 Å². The van der Waals surface area contributed by atoms with Crippen LogP contribution in [-0.2, 0) is 46.7 Å². The highest BCUT2D eigenvalue weighted by atomic mass is 31.2. The molecule has 2 saturated heterocycles. The molecule has 548 valence electrons. The Hall–Kier alpha value is -8.48. The number of allylic oxidation sites excluding steroid dienone is 2. The van der Waals surface area contributed by atoms with E-state index in [2.05, 4.69) is 63.9 Å². The molecule has 30 nitrogen and oxygen atoms in total. The molecule has 0 radical (unpaired) electrons. The van der Waals surface area contributed by atoms with Crippen LogP contribution in [0, 0.1) is 10.8 Å². The number of anilines is 2. The maximum Gasteiger partial charge on any atom is 0.459 e. The quantitative estimate of drug-likeness (QED) is 0.0143. The summed E-state index contributed by atoms with van der Waals surface area (Å²) in [7, 11) is -5.50. The summed E-state index contributed by atoms with van der Waals surface area (Å²) >= 11 is 0. The van der Waals surface area contributed by atoms with Crippen LogP contribution in [0.1, 0.15) is 93.5 Å². The van der Waals surface area contributed by atoms with E-state index in [0.29, 0.717) is 60.7 Å². The minimum absolute atomic E-state index is 0.0982. The van der Waals surface area contributed by atoms with E-state index >= 15 is 0 Å². The fraction of sp³-hybridized carbons (Fsp3) is 0.457. The first-order valence-electron chi connectivity index (χ1n) is 33.3. The Balaban J connectivity index is 0.000000220. The van der Waals surface area contributed by atoms with Gasteiger partial charge in [0.1, 0.15) is 59.2 Å². The van der Waals surface area contributed by atoms with Gasteiger partial charge in [-0.1, -0.05) is 125 Å². The number of carbonyl (C=O) groups is 2. The van der Waals surface area contributed by atoms with Gasteiger partial charge in [-0.25, -0.2) is 19.1 Å². The van der Waals surface area contributed by atoms with E-state index < -0.39 is 106 Å². The van der Waals surface area contributed by atoms with Crippen molar-refractivity contribution in [2.75, 3.05) is 64.4 Å². The largest absolute Gasteiger partial charge is 0.476 e. The number of nitrogens with zero attached hydrogens (tertiary/aromatic N) is 8. The summed E-state index contributed by atoms with van der Waals surface area (Å²) in [5.74, 6) is 0.0635. The number of aromatic nitrogens is 8. The Morgan fingerprint density at radius 3 is 2.10 bits per heavy atom. The second kappa shape index (κ2) is 32.0. The van der Waals surface area contributed by atoms with Gasteiger partial charge in [0, 0.05) is 35.7 Å². The van der Waals surface area contributed by atoms with Gasteiger partial charge in [0.25, 0.3) is 0 Å². The average molecular weight is 1450 g/mol. The molecule has 7 heterocycles. The van der Waals surface area contributed by atoms with E-state index in [1.54, 1.807) is 56.6 Å². The number of aliphatic hydroxyl groups excluding tert-OH is 2. The third kappa shape index (κ3) is 17.6. The summed E-state index contributed by atoms with van der Waals surface area (Å²) in [5.41, 5.74) is -3.36. The Kier molecular flexibility index (Phi) is 23.9. The average Bonchev–Trinajstić information content (AvgIpc) is 1.60. The number of cyclic esters (lactones) is 1. The zero-order valence-corrected chi connectivity index (χ0v) is 60.4. The van der Waals surface area contributed by atoms with Gasteiger partial charge in [0.2, 0.25) is 23.7 Å². The summed E-state index contributed by atoms with van der Waals surface area (Å²) in [5, 5.41) is 60.0. The third-order valence-corrected chi connectivity index (χ3v) is 20.5. The lowest BCUT2D eigenvalue weighted by Crippen LogP contribution is -2.44. The van der Waals surface area contributed by atoms with Crippen molar-refractivity contribution >= 4 is 83.2 Å². The molecule has 102 heavy (non-hydrogen) atoms. The topological polar surface area (TPSA) is 377 Å². The van der Waals surface area contributed by atoms with E-state index in [-0.39, 0.29) is 65.1 Å². The van der Waals surface area contributed by atoms with E-state index in [4.69, 9.17) is 46.5 Å². The third-order valence-electron chi connectivity index (χ3n) is 17.2. The van der Waals surface area contributed by atoms with Crippen LogP contribution in [0.25, 0.3) is 43.9 Å². The van der Waals surface area contributed by atoms with Gasteiger partial charge in [-0.3, -0.25) is 27.8 Å². The number of imidazole rings is 2. The van der Waals surface area contributed by atoms with Crippen LogP contribution in [-0.4, -0.2) is 173 Å². The lowest BCUT2D eigenvalue weighted by Gasteiger charge is -2.27. The summed E-state index contributed by atoms with van der Waals surface area (Å²) < 4.78 is 91.3. The Bertz CT molecular complexity index is 4420. The molecule has 8 N–H and O–H groups in total. The molecule has 3 aliphatic heterocycles. The second-order valence-corrected chi connectivity index (χ2v) is 30.3. The molecular weight excluding hydrogens is 1360 g/mol. The van der Waals surface area contributed by atoms with Gasteiger partial charge >= 0.3 is 27.4 Å². The number of fused-ring (bicyclic) bond motifs is 6. The second-order valence-electron chi connectivity index (χ2n) is 26.9. The molecule has 0 aliphatic carbocycles. The zero-order chi connectivity index (χ0) is 73.4. The highest BCUT2D eigenvalue weighted by molar-refractivity contribution is 7.52. The van der Waals surface area contributed by atoms with Crippen LogP contribution in [0.2, 0.25) is 0 Å². The van der Waals surface area contributed by atoms with Gasteiger partial charge in [-0.05, 0) is 76.3 Å². The first kappa shape index (κ1) is 76.2. The molecule has 3 aliphatic rings. The standard InChI is InChI=1S/C36H47N6O9P.C34H43N6O9P/c1-8-10-19-47-31-28-30(39-34(37-7)40-31)42(22-38-28)33-36(6,45)29(43)27(50-33)20-49-52(46,41-23(3)32(44)48-21-35(4,5)18-9-2)51-26-17-13-15-24-14-11-12-16-25(24)26;1-21-30(42)46-19-33(2,3)16-9-6-10-17-45-29-26-28(37-32(35-5)38-29)40(20-36-26)31-34(4,43)27(41)25(48-31)18-47-50(44,39-21)49-24-15-11-13-22-12-7-8-14-23(22)24/h8-9,11-17,22-23,27,29,33,43,45H,1-2,10,18-21H2,3-7H3,(H,41,46)(H,37,39,40);6-9,11-15,20-21,25,27,31,41,43H,10,16-19H2,1-5H3,(H,39,44)(H,35,37,38)/t23-,27?,29+,33?,36+,52?;21-,25?,27+,31?,34+,50?/m00/s1. The molecular formula is C70H90N12O18P2. The Morgan fingerprint density at radius 1 is 0.824 bits per heavy atom. The van der Waals surface area contributed by atoms with Crippen molar-refractivity contribution in [3.05, 3.63) is 135 Å². The number of ether oxygens (including phenoxy) is 6. The number of esters is 2. The van der Waals surface area contributed by atoms with Crippen molar-refractivity contribution in [3.63, 3.8) is 0 Å². The molecule has 6 bridgehead atoms. The monoisotopic (exact) mass is 1450 g/mol. The van der Waals surface area contributed by atoms with Crippen molar-refractivity contribution in [1.29, 1.82) is 0 Å². The lowest BCUT2D eigenvalue weighted by molar-refractivity contribution is -0.149. The molecule has 12 atom stereocenters. The highest BCUT2D eigenvalue weighted by Gasteiger charge is 2.56. The molecule has 2 fully saturated rings. The first-order chi connectivity index (χ1) is 48.5.